The summed E-state index contributed by atoms with van der Waals surface area (Å²) in [7, 11) is 0. The van der Waals surface area contributed by atoms with E-state index in [-0.39, 0.29) is 11.8 Å². The fourth-order valence-corrected chi connectivity index (χ4v) is 4.53. The van der Waals surface area contributed by atoms with E-state index >= 15 is 0 Å². The van der Waals surface area contributed by atoms with E-state index in [1.54, 1.807) is 18.5 Å². The van der Waals surface area contributed by atoms with E-state index in [4.69, 9.17) is 0 Å². The van der Waals surface area contributed by atoms with E-state index < -0.39 is 0 Å². The number of nitrogens with one attached hydrogen (secondary N) is 2. The molecule has 0 saturated carbocycles. The Morgan fingerprint density at radius 3 is 2.71 bits per heavy atom. The summed E-state index contributed by atoms with van der Waals surface area (Å²) < 4.78 is 1.86. The number of imidazole rings is 1. The highest BCUT2D eigenvalue weighted by molar-refractivity contribution is 6.04. The number of hydrogen-bond donors (Lipinski definition) is 2. The van der Waals surface area contributed by atoms with Crippen molar-refractivity contribution in [2.45, 2.75) is 38.6 Å². The molecule has 1 aliphatic rings. The predicted molar refractivity (Wildman–Crippen MR) is 134 cm³/mol. The lowest BCUT2D eigenvalue weighted by Crippen LogP contribution is -2.33. The quantitative estimate of drug-likeness (QED) is 0.419. The number of aromatic nitrogens is 4. The number of carbonyl (C=O) groups excluding carboxylic acids is 2. The number of carbonyl (C=O) groups is 2. The first-order valence-corrected chi connectivity index (χ1v) is 11.9. The number of aryl methyl sites for hydroxylation is 1. The number of likely N-dealkylation sites (tertiary alicyclic amines) is 1. The van der Waals surface area contributed by atoms with Crippen LogP contribution in [0, 0.1) is 0 Å². The van der Waals surface area contributed by atoms with E-state index in [9.17, 15) is 9.59 Å². The van der Waals surface area contributed by atoms with Crippen molar-refractivity contribution in [2.24, 2.45) is 0 Å². The topological polar surface area (TPSA) is 95.9 Å². The number of aromatic amines is 1. The van der Waals surface area contributed by atoms with Crippen molar-refractivity contribution in [2.75, 3.05) is 11.9 Å². The van der Waals surface area contributed by atoms with Crippen molar-refractivity contribution in [1.29, 1.82) is 0 Å². The molecule has 8 nitrogen and oxygen atoms in total. The van der Waals surface area contributed by atoms with Crippen molar-refractivity contribution >= 4 is 17.8 Å². The first-order chi connectivity index (χ1) is 17.1. The van der Waals surface area contributed by atoms with Gasteiger partial charge in [0.25, 0.3) is 5.91 Å². The van der Waals surface area contributed by atoms with Crippen molar-refractivity contribution in [3.63, 3.8) is 0 Å². The number of hydrogen-bond acceptors (Lipinski definition) is 4. The normalized spacial score (nSPS) is 15.3. The van der Waals surface area contributed by atoms with Crippen LogP contribution in [0.25, 0.3) is 16.8 Å². The zero-order chi connectivity index (χ0) is 24.2. The number of rotatable bonds is 7. The van der Waals surface area contributed by atoms with Gasteiger partial charge in [0.15, 0.2) is 0 Å². The fourth-order valence-electron chi connectivity index (χ4n) is 4.53. The van der Waals surface area contributed by atoms with Gasteiger partial charge in [0, 0.05) is 54.6 Å². The zero-order valence-electron chi connectivity index (χ0n) is 19.6. The Morgan fingerprint density at radius 1 is 1.11 bits per heavy atom. The van der Waals surface area contributed by atoms with Gasteiger partial charge in [-0.25, -0.2) is 4.98 Å². The molecule has 1 unspecified atom stereocenters. The third-order valence-electron chi connectivity index (χ3n) is 6.44. The van der Waals surface area contributed by atoms with Crippen LogP contribution >= 0.6 is 0 Å². The van der Waals surface area contributed by atoms with Gasteiger partial charge in [-0.15, -0.1) is 0 Å². The Bertz CT molecular complexity index is 1310. The maximum atomic E-state index is 13.2. The summed E-state index contributed by atoms with van der Waals surface area (Å²) >= 11 is 0. The summed E-state index contributed by atoms with van der Waals surface area (Å²) in [6, 6.07) is 17.4. The Labute approximate surface area is 204 Å². The summed E-state index contributed by atoms with van der Waals surface area (Å²) in [5, 5.41) is 9.74. The smallest absolute Gasteiger partial charge is 0.258 e. The van der Waals surface area contributed by atoms with Crippen LogP contribution < -0.4 is 5.32 Å². The van der Waals surface area contributed by atoms with Gasteiger partial charge >= 0.3 is 0 Å². The van der Waals surface area contributed by atoms with Crippen LogP contribution in [0.4, 0.5) is 5.95 Å². The molecule has 5 rings (SSSR count). The number of amides is 2. The minimum Gasteiger partial charge on any atom is -0.340 e. The average molecular weight is 469 g/mol. The van der Waals surface area contributed by atoms with Crippen molar-refractivity contribution in [1.82, 2.24) is 24.6 Å². The average Bonchev–Trinajstić information content (AvgIpc) is 3.65. The Balaban J connectivity index is 1.36. The highest BCUT2D eigenvalue weighted by Gasteiger charge is 2.25. The standard InChI is InChI=1S/C27H28N6O2/c1-19-7-6-14-32(19)25(34)13-12-23-18-33(24-10-3-2-4-11-24)27(30-23)31-26(35)21-9-5-8-20(15-21)22-16-28-29-17-22/h2-5,8-11,15-19H,6-7,12-14H2,1H3,(H,28,29)(H,30,31,35). The van der Waals surface area contributed by atoms with Crippen molar-refractivity contribution in [3.8, 4) is 16.8 Å². The Hall–Kier alpha value is -4.20. The van der Waals surface area contributed by atoms with E-state index in [1.807, 2.05) is 64.2 Å². The molecule has 1 aliphatic heterocycles. The van der Waals surface area contributed by atoms with Gasteiger partial charge in [-0.3, -0.25) is 24.6 Å². The molecule has 2 aromatic heterocycles. The van der Waals surface area contributed by atoms with Gasteiger partial charge in [0.2, 0.25) is 11.9 Å². The molecule has 0 bridgehead atoms. The highest BCUT2D eigenvalue weighted by Crippen LogP contribution is 2.22. The Kier molecular flexibility index (Phi) is 6.43. The lowest BCUT2D eigenvalue weighted by Gasteiger charge is -2.21. The van der Waals surface area contributed by atoms with Crippen molar-refractivity contribution < 1.29 is 9.59 Å². The third kappa shape index (κ3) is 5.01. The molecule has 2 amide bonds. The summed E-state index contributed by atoms with van der Waals surface area (Å²) in [5.74, 6) is 0.324. The molecule has 1 saturated heterocycles. The van der Waals surface area contributed by atoms with E-state index in [0.29, 0.717) is 30.4 Å². The third-order valence-corrected chi connectivity index (χ3v) is 6.44. The van der Waals surface area contributed by atoms with Gasteiger partial charge < -0.3 is 4.90 Å². The summed E-state index contributed by atoms with van der Waals surface area (Å²) in [6.45, 7) is 2.93. The molecule has 0 aliphatic carbocycles. The van der Waals surface area contributed by atoms with Gasteiger partial charge in [0.1, 0.15) is 0 Å². The second-order valence-electron chi connectivity index (χ2n) is 8.86. The maximum absolute atomic E-state index is 13.2. The van der Waals surface area contributed by atoms with Crippen LogP contribution in [0.3, 0.4) is 0 Å². The maximum Gasteiger partial charge on any atom is 0.258 e. The van der Waals surface area contributed by atoms with Crippen LogP contribution in [0.1, 0.15) is 42.2 Å². The molecule has 2 aromatic carbocycles. The van der Waals surface area contributed by atoms with Crippen molar-refractivity contribution in [3.05, 3.63) is 84.4 Å². The van der Waals surface area contributed by atoms with Gasteiger partial charge in [0.05, 0.1) is 11.9 Å². The second-order valence-corrected chi connectivity index (χ2v) is 8.86. The number of benzene rings is 2. The second kappa shape index (κ2) is 9.97. The molecule has 3 heterocycles. The highest BCUT2D eigenvalue weighted by atomic mass is 16.2. The molecule has 4 aromatic rings. The number of para-hydroxylation sites is 1. The van der Waals surface area contributed by atoms with E-state index in [1.165, 1.54) is 0 Å². The van der Waals surface area contributed by atoms with Crippen LogP contribution in [0.2, 0.25) is 0 Å². The molecule has 178 valence electrons. The molecule has 1 fully saturated rings. The SMILES string of the molecule is CC1CCCN1C(=O)CCc1cn(-c2ccccc2)c(NC(=O)c2cccc(-c3cn[nH]c3)c2)n1. The molecule has 0 spiro atoms. The van der Waals surface area contributed by atoms with Crippen LogP contribution in [0.5, 0.6) is 0 Å². The molecule has 1 atom stereocenters. The van der Waals surface area contributed by atoms with Crippen LogP contribution in [-0.4, -0.2) is 49.0 Å². The summed E-state index contributed by atoms with van der Waals surface area (Å²) in [5.41, 5.74) is 3.97. The minimum absolute atomic E-state index is 0.158. The van der Waals surface area contributed by atoms with Gasteiger partial charge in [-0.2, -0.15) is 5.10 Å². The zero-order valence-corrected chi connectivity index (χ0v) is 19.6. The number of H-pyrrole nitrogens is 1. The van der Waals surface area contributed by atoms with Gasteiger partial charge in [-0.05, 0) is 49.6 Å². The summed E-state index contributed by atoms with van der Waals surface area (Å²) in [4.78, 5) is 32.5. The number of nitrogens with zero attached hydrogens (tertiary/aromatic N) is 4. The number of anilines is 1. The molecule has 0 radical (unpaired) electrons. The van der Waals surface area contributed by atoms with Crippen LogP contribution in [0.15, 0.2) is 73.2 Å². The summed E-state index contributed by atoms with van der Waals surface area (Å²) in [6.07, 6.45) is 8.44. The van der Waals surface area contributed by atoms with Gasteiger partial charge in [-0.1, -0.05) is 30.3 Å². The first-order valence-electron chi connectivity index (χ1n) is 11.9. The van der Waals surface area contributed by atoms with Crippen LogP contribution in [-0.2, 0) is 11.2 Å². The minimum atomic E-state index is -0.258. The molecule has 35 heavy (non-hydrogen) atoms. The Morgan fingerprint density at radius 2 is 1.97 bits per heavy atom. The lowest BCUT2D eigenvalue weighted by atomic mass is 10.1. The predicted octanol–water partition coefficient (Wildman–Crippen LogP) is 4.46. The van der Waals surface area contributed by atoms with E-state index in [0.717, 1.165) is 41.9 Å². The molecule has 2 N–H and O–H groups in total. The molecular formula is C27H28N6O2. The lowest BCUT2D eigenvalue weighted by molar-refractivity contribution is -0.131. The largest absolute Gasteiger partial charge is 0.340 e. The monoisotopic (exact) mass is 468 g/mol. The molecule has 8 heteroatoms. The first kappa shape index (κ1) is 22.6. The molecular weight excluding hydrogens is 440 g/mol. The fraction of sp³-hybridized carbons (Fsp3) is 0.259. The van der Waals surface area contributed by atoms with E-state index in [2.05, 4.69) is 27.4 Å².